The molecular weight excluding hydrogens is 350 g/mol. The predicted octanol–water partition coefficient (Wildman–Crippen LogP) is 2.11. The topological polar surface area (TPSA) is 72.3 Å². The third-order valence-electron chi connectivity index (χ3n) is 4.84. The molecule has 134 valence electrons. The predicted molar refractivity (Wildman–Crippen MR) is 98.3 cm³/mol. The fraction of sp³-hybridized carbons (Fsp3) is 0.263. The maximum atomic E-state index is 12.7. The maximum Gasteiger partial charge on any atom is 0.242 e. The van der Waals surface area contributed by atoms with Crippen LogP contribution in [0.2, 0.25) is 0 Å². The largest absolute Gasteiger partial charge is 0.340 e. The average Bonchev–Trinajstić information content (AvgIpc) is 3.31. The molecule has 3 aromatic rings. The fourth-order valence-electron chi connectivity index (χ4n) is 3.39. The van der Waals surface area contributed by atoms with Gasteiger partial charge >= 0.3 is 0 Å². The van der Waals surface area contributed by atoms with E-state index in [1.165, 1.54) is 0 Å². The van der Waals surface area contributed by atoms with Crippen molar-refractivity contribution >= 4 is 26.8 Å². The number of nitrogens with zero attached hydrogens (tertiary/aromatic N) is 3. The zero-order chi connectivity index (χ0) is 18.1. The van der Waals surface area contributed by atoms with Gasteiger partial charge in [-0.3, -0.25) is 4.79 Å². The van der Waals surface area contributed by atoms with Gasteiger partial charge in [0, 0.05) is 13.1 Å². The van der Waals surface area contributed by atoms with Crippen LogP contribution in [0.4, 0.5) is 0 Å². The standard InChI is InChI=1S/C19H19N3O3S/c23-19(13-22-14-20-17-8-4-5-9-18(17)22)21-11-10-16(12-21)26(24,25)15-6-2-1-3-7-15/h1-9,14,16H,10-13H2. The van der Waals surface area contributed by atoms with Crippen LogP contribution < -0.4 is 0 Å². The molecule has 0 saturated carbocycles. The number of para-hydroxylation sites is 2. The van der Waals surface area contributed by atoms with E-state index in [2.05, 4.69) is 4.98 Å². The Labute approximate surface area is 152 Å². The minimum absolute atomic E-state index is 0.0843. The Morgan fingerprint density at radius 3 is 2.62 bits per heavy atom. The van der Waals surface area contributed by atoms with E-state index in [1.54, 1.807) is 46.1 Å². The number of carbonyl (C=O) groups is 1. The van der Waals surface area contributed by atoms with Gasteiger partial charge < -0.3 is 9.47 Å². The van der Waals surface area contributed by atoms with Crippen LogP contribution in [0.3, 0.4) is 0 Å². The number of carbonyl (C=O) groups excluding carboxylic acids is 1. The molecule has 1 atom stereocenters. The molecule has 1 saturated heterocycles. The molecule has 1 aliphatic heterocycles. The second kappa shape index (κ2) is 6.57. The highest BCUT2D eigenvalue weighted by Gasteiger charge is 2.36. The highest BCUT2D eigenvalue weighted by atomic mass is 32.2. The number of aromatic nitrogens is 2. The highest BCUT2D eigenvalue weighted by molar-refractivity contribution is 7.92. The van der Waals surface area contributed by atoms with Crippen LogP contribution in [-0.2, 0) is 21.2 Å². The molecular formula is C19H19N3O3S. The normalized spacial score (nSPS) is 17.7. The van der Waals surface area contributed by atoms with E-state index < -0.39 is 15.1 Å². The molecule has 1 amide bonds. The zero-order valence-electron chi connectivity index (χ0n) is 14.2. The molecule has 7 heteroatoms. The Morgan fingerprint density at radius 1 is 1.08 bits per heavy atom. The Hall–Kier alpha value is -2.67. The van der Waals surface area contributed by atoms with Crippen LogP contribution in [0, 0.1) is 0 Å². The van der Waals surface area contributed by atoms with Gasteiger partial charge in [-0.2, -0.15) is 0 Å². The van der Waals surface area contributed by atoms with Crippen LogP contribution in [0.15, 0.2) is 65.8 Å². The number of amides is 1. The summed E-state index contributed by atoms with van der Waals surface area (Å²) < 4.78 is 27.3. The molecule has 4 rings (SSSR count). The molecule has 0 N–H and O–H groups in total. The van der Waals surface area contributed by atoms with E-state index in [-0.39, 0.29) is 19.0 Å². The third kappa shape index (κ3) is 2.99. The van der Waals surface area contributed by atoms with Gasteiger partial charge in [0.25, 0.3) is 0 Å². The Balaban J connectivity index is 1.48. The smallest absolute Gasteiger partial charge is 0.242 e. The van der Waals surface area contributed by atoms with Crippen LogP contribution in [0.25, 0.3) is 11.0 Å². The van der Waals surface area contributed by atoms with Crippen molar-refractivity contribution in [1.29, 1.82) is 0 Å². The van der Waals surface area contributed by atoms with Crippen LogP contribution in [0.5, 0.6) is 0 Å². The second-order valence-electron chi connectivity index (χ2n) is 6.47. The van der Waals surface area contributed by atoms with E-state index in [9.17, 15) is 13.2 Å². The molecule has 1 aliphatic rings. The monoisotopic (exact) mass is 369 g/mol. The van der Waals surface area contributed by atoms with Gasteiger partial charge in [0.2, 0.25) is 5.91 Å². The number of imidazole rings is 1. The highest BCUT2D eigenvalue weighted by Crippen LogP contribution is 2.24. The summed E-state index contributed by atoms with van der Waals surface area (Å²) >= 11 is 0. The summed E-state index contributed by atoms with van der Waals surface area (Å²) in [6.45, 7) is 0.865. The maximum absolute atomic E-state index is 12.7. The van der Waals surface area contributed by atoms with E-state index in [4.69, 9.17) is 0 Å². The van der Waals surface area contributed by atoms with Gasteiger partial charge in [0.15, 0.2) is 9.84 Å². The van der Waals surface area contributed by atoms with Gasteiger partial charge in [-0.05, 0) is 30.7 Å². The van der Waals surface area contributed by atoms with Crippen molar-refractivity contribution in [3.05, 3.63) is 60.9 Å². The Morgan fingerprint density at radius 2 is 1.81 bits per heavy atom. The Kier molecular flexibility index (Phi) is 4.24. The summed E-state index contributed by atoms with van der Waals surface area (Å²) in [4.78, 5) is 18.9. The van der Waals surface area contributed by atoms with Gasteiger partial charge in [-0.1, -0.05) is 30.3 Å². The summed E-state index contributed by atoms with van der Waals surface area (Å²) in [6, 6.07) is 16.1. The lowest BCUT2D eigenvalue weighted by Gasteiger charge is -2.17. The number of benzene rings is 2. The molecule has 0 bridgehead atoms. The molecule has 2 heterocycles. The summed E-state index contributed by atoms with van der Waals surface area (Å²) in [7, 11) is -3.41. The van der Waals surface area contributed by atoms with Gasteiger partial charge in [-0.15, -0.1) is 0 Å². The molecule has 1 fully saturated rings. The van der Waals surface area contributed by atoms with E-state index in [0.717, 1.165) is 11.0 Å². The molecule has 2 aromatic carbocycles. The van der Waals surface area contributed by atoms with Crippen molar-refractivity contribution in [3.8, 4) is 0 Å². The van der Waals surface area contributed by atoms with Crippen molar-refractivity contribution in [1.82, 2.24) is 14.5 Å². The lowest BCUT2D eigenvalue weighted by molar-refractivity contribution is -0.130. The average molecular weight is 369 g/mol. The van der Waals surface area contributed by atoms with E-state index in [0.29, 0.717) is 17.9 Å². The zero-order valence-corrected chi connectivity index (χ0v) is 15.0. The quantitative estimate of drug-likeness (QED) is 0.706. The van der Waals surface area contributed by atoms with Gasteiger partial charge in [-0.25, -0.2) is 13.4 Å². The van der Waals surface area contributed by atoms with Crippen LogP contribution in [0.1, 0.15) is 6.42 Å². The minimum Gasteiger partial charge on any atom is -0.340 e. The molecule has 1 aromatic heterocycles. The SMILES string of the molecule is O=C(Cn1cnc2ccccc21)N1CCC(S(=O)(=O)c2ccccc2)C1. The van der Waals surface area contributed by atoms with Crippen LogP contribution in [-0.4, -0.2) is 47.1 Å². The van der Waals surface area contributed by atoms with Crippen LogP contribution >= 0.6 is 0 Å². The molecule has 0 radical (unpaired) electrons. The summed E-state index contributed by atoms with van der Waals surface area (Å²) in [6.07, 6.45) is 2.12. The van der Waals surface area contributed by atoms with E-state index in [1.807, 2.05) is 24.3 Å². The molecule has 26 heavy (non-hydrogen) atoms. The second-order valence-corrected chi connectivity index (χ2v) is 8.70. The van der Waals surface area contributed by atoms with Crippen molar-refractivity contribution < 1.29 is 13.2 Å². The number of fused-ring (bicyclic) bond motifs is 1. The molecule has 6 nitrogen and oxygen atoms in total. The number of rotatable bonds is 4. The number of sulfone groups is 1. The number of likely N-dealkylation sites (tertiary alicyclic amines) is 1. The molecule has 0 aliphatic carbocycles. The number of hydrogen-bond donors (Lipinski definition) is 0. The first kappa shape index (κ1) is 16.8. The van der Waals surface area contributed by atoms with Gasteiger partial charge in [0.1, 0.15) is 6.54 Å². The summed E-state index contributed by atoms with van der Waals surface area (Å²) in [5.41, 5.74) is 1.74. The number of hydrogen-bond acceptors (Lipinski definition) is 4. The first-order chi connectivity index (χ1) is 12.6. The van der Waals surface area contributed by atoms with Gasteiger partial charge in [0.05, 0.1) is 27.5 Å². The minimum atomic E-state index is -3.41. The molecule has 1 unspecified atom stereocenters. The van der Waals surface area contributed by atoms with Crippen molar-refractivity contribution in [2.45, 2.75) is 23.1 Å². The first-order valence-electron chi connectivity index (χ1n) is 8.52. The summed E-state index contributed by atoms with van der Waals surface area (Å²) in [5, 5.41) is -0.548. The van der Waals surface area contributed by atoms with E-state index >= 15 is 0 Å². The first-order valence-corrected chi connectivity index (χ1v) is 10.1. The third-order valence-corrected chi connectivity index (χ3v) is 7.03. The van der Waals surface area contributed by atoms with Crippen molar-refractivity contribution in [2.75, 3.05) is 13.1 Å². The lowest BCUT2D eigenvalue weighted by atomic mass is 10.3. The Bertz CT molecular complexity index is 1040. The van der Waals surface area contributed by atoms with Crippen molar-refractivity contribution in [3.63, 3.8) is 0 Å². The fourth-order valence-corrected chi connectivity index (χ4v) is 5.11. The summed E-state index contributed by atoms with van der Waals surface area (Å²) in [5.74, 6) is -0.0843. The lowest BCUT2D eigenvalue weighted by Crippen LogP contribution is -2.34. The van der Waals surface area contributed by atoms with Crippen molar-refractivity contribution in [2.24, 2.45) is 0 Å². The molecule has 0 spiro atoms.